The lowest BCUT2D eigenvalue weighted by Crippen LogP contribution is -2.38. The van der Waals surface area contributed by atoms with Crippen molar-refractivity contribution < 1.29 is 42.0 Å². The van der Waals surface area contributed by atoms with Gasteiger partial charge in [-0.05, 0) is 107 Å². The molecule has 14 heteroatoms. The average Bonchev–Trinajstić information content (AvgIpc) is 3.28. The minimum atomic E-state index is -1.19. The summed E-state index contributed by atoms with van der Waals surface area (Å²) in [6, 6.07) is 4.31. The van der Waals surface area contributed by atoms with Crippen molar-refractivity contribution in [2.24, 2.45) is 17.8 Å². The third-order valence-electron chi connectivity index (χ3n) is 17.6. The Balaban J connectivity index is -0.00000124. The van der Waals surface area contributed by atoms with Gasteiger partial charge in [-0.3, -0.25) is 14.4 Å². The maximum atomic E-state index is 13.0. The van der Waals surface area contributed by atoms with Crippen LogP contribution in [0.1, 0.15) is 210 Å². The first-order valence-corrected chi connectivity index (χ1v) is 37.7. The molecular formula is C54H108B3O8Si3. The number of carboxylic acid groups (broad SMARTS) is 1. The first kappa shape index (κ1) is 67.2. The second-order valence-corrected chi connectivity index (χ2v) is 39.9. The number of carbonyl (C=O) groups is 3. The highest BCUT2D eigenvalue weighted by Gasteiger charge is 2.40. The van der Waals surface area contributed by atoms with E-state index in [4.69, 9.17) is 24.8 Å². The fraction of sp³-hybridized carbons (Fsp3) is 0.944. The Kier molecular flexibility index (Phi) is 34.1. The van der Waals surface area contributed by atoms with E-state index in [1.807, 2.05) is 0 Å². The van der Waals surface area contributed by atoms with Crippen molar-refractivity contribution in [3.8, 4) is 0 Å². The molecule has 3 N–H and O–H groups in total. The van der Waals surface area contributed by atoms with Gasteiger partial charge in [0.25, 0.3) is 0 Å². The normalized spacial score (nSPS) is 28.8. The second kappa shape index (κ2) is 34.6. The topological polar surface area (TPSA) is 130 Å². The number of carbonyl (C=O) groups excluding carboxylic acids is 2. The van der Waals surface area contributed by atoms with Crippen LogP contribution in [-0.4, -0.2) is 107 Å². The molecule has 0 heterocycles. The number of hydrogen-bond acceptors (Lipinski definition) is 7. The third kappa shape index (κ3) is 24.3. The monoisotopic (exact) mass is 1000 g/mol. The highest BCUT2D eigenvalue weighted by atomic mass is 28.3. The van der Waals surface area contributed by atoms with Crippen LogP contribution in [0.15, 0.2) is 0 Å². The SMILES string of the molecule is CCCCC[Si](C)(C)C1CCC(C(=O)O)CC1.CCCCC[Si](C)(C)C1CCC(C(=O)OC2CCC(OC(=O)C3CCC([Si](C)(C)CCCCC)CC3)CC2)CC1.OC1CCC(O)CC1.[2HH].[2HH].[B].[B].[B]. The summed E-state index contributed by atoms with van der Waals surface area (Å²) in [5.74, 6) is -0.339. The fourth-order valence-electron chi connectivity index (χ4n) is 12.3. The van der Waals surface area contributed by atoms with Gasteiger partial charge in [0.05, 0.1) is 54.2 Å². The molecule has 0 aliphatic heterocycles. The molecule has 0 bridgehead atoms. The molecule has 0 aromatic carbocycles. The Hall–Kier alpha value is -0.825. The first-order chi connectivity index (χ1) is 30.8. The van der Waals surface area contributed by atoms with Crippen molar-refractivity contribution in [3.63, 3.8) is 0 Å². The number of ether oxygens (including phenoxy) is 2. The summed E-state index contributed by atoms with van der Waals surface area (Å²) in [6.07, 6.45) is 31.4. The number of aliphatic hydroxyl groups is 2. The summed E-state index contributed by atoms with van der Waals surface area (Å²) in [6.45, 7) is 22.1. The zero-order valence-electron chi connectivity index (χ0n) is 45.5. The van der Waals surface area contributed by atoms with Crippen molar-refractivity contribution in [1.82, 2.24) is 0 Å². The molecular weight excluding hydrogens is 893 g/mol. The average molecular weight is 1000 g/mol. The van der Waals surface area contributed by atoms with Gasteiger partial charge in [-0.2, -0.15) is 0 Å². The summed E-state index contributed by atoms with van der Waals surface area (Å²) < 4.78 is 12.0. The lowest BCUT2D eigenvalue weighted by atomic mass is 9.88. The van der Waals surface area contributed by atoms with Crippen LogP contribution < -0.4 is 0 Å². The minimum absolute atomic E-state index is 0. The molecule has 0 aromatic rings. The number of rotatable bonds is 20. The summed E-state index contributed by atoms with van der Waals surface area (Å²) in [4.78, 5) is 36.9. The molecule has 9 radical (unpaired) electrons. The van der Waals surface area contributed by atoms with Gasteiger partial charge in [-0.25, -0.2) is 0 Å². The van der Waals surface area contributed by atoms with E-state index in [0.717, 1.165) is 107 Å². The van der Waals surface area contributed by atoms with Crippen LogP contribution in [0.25, 0.3) is 0 Å². The largest absolute Gasteiger partial charge is 0.481 e. The first-order valence-electron chi connectivity index (χ1n) is 27.8. The highest BCUT2D eigenvalue weighted by Crippen LogP contribution is 2.45. The quantitative estimate of drug-likeness (QED) is 0.0625. The molecule has 5 fully saturated rings. The molecule has 8 nitrogen and oxygen atoms in total. The number of carboxylic acids is 1. The van der Waals surface area contributed by atoms with Crippen molar-refractivity contribution in [1.29, 1.82) is 0 Å². The molecule has 393 valence electrons. The van der Waals surface area contributed by atoms with E-state index in [1.54, 1.807) is 0 Å². The molecule has 0 spiro atoms. The van der Waals surface area contributed by atoms with Crippen LogP contribution >= 0.6 is 0 Å². The molecule has 0 unspecified atom stereocenters. The van der Waals surface area contributed by atoms with E-state index in [0.29, 0.717) is 0 Å². The van der Waals surface area contributed by atoms with E-state index in [-0.39, 0.29) is 82.2 Å². The molecule has 5 rings (SSSR count). The Morgan fingerprint density at radius 3 is 0.897 bits per heavy atom. The van der Waals surface area contributed by atoms with Crippen molar-refractivity contribution >= 4 is 67.4 Å². The van der Waals surface area contributed by atoms with Gasteiger partial charge >= 0.3 is 17.9 Å². The molecule has 5 saturated carbocycles. The van der Waals surface area contributed by atoms with E-state index >= 15 is 0 Å². The van der Waals surface area contributed by atoms with Crippen LogP contribution in [0.2, 0.25) is 74.0 Å². The Labute approximate surface area is 430 Å². The van der Waals surface area contributed by atoms with Gasteiger partial charge in [0, 0.05) is 28.1 Å². The maximum absolute atomic E-state index is 13.0. The molecule has 0 atom stereocenters. The molecule has 0 aromatic heterocycles. The number of aliphatic carboxylic acids is 1. The Morgan fingerprint density at radius 1 is 0.412 bits per heavy atom. The Morgan fingerprint density at radius 2 is 0.662 bits per heavy atom. The van der Waals surface area contributed by atoms with E-state index in [9.17, 15) is 14.4 Å². The standard InChI is InChI=1S/C34H64O4Si2.C14H28O2Si.C6H12O2.3B.2H2/c1-7-9-11-25-39(3,4)31-21-13-27(14-22-31)33(35)37-29-17-19-30(20-18-29)38-34(36)28-15-23-32(24-16-28)40(5,6)26-12-10-8-2;1-4-5-6-11-17(2,3)13-9-7-12(8-10-13)14(15)16;7-5-1-2-6(8)4-3-5;;;;;/h27-32H,7-26H2,1-6H3;12-13H,4-11H2,1-3H3,(H,15,16);5-8H,1-4H2;;;;2*1H/i;;;;;;2*1+1. The highest BCUT2D eigenvalue weighted by molar-refractivity contribution is 6.79. The van der Waals surface area contributed by atoms with Crippen LogP contribution in [0.3, 0.4) is 0 Å². The van der Waals surface area contributed by atoms with Gasteiger partial charge in [0.2, 0.25) is 0 Å². The lowest BCUT2D eigenvalue weighted by molar-refractivity contribution is -0.164. The second-order valence-electron chi connectivity index (χ2n) is 24.1. The molecule has 68 heavy (non-hydrogen) atoms. The van der Waals surface area contributed by atoms with Gasteiger partial charge < -0.3 is 24.8 Å². The molecule has 5 aliphatic carbocycles. The van der Waals surface area contributed by atoms with Gasteiger partial charge in [0.1, 0.15) is 12.2 Å². The van der Waals surface area contributed by atoms with E-state index in [1.165, 1.54) is 114 Å². The van der Waals surface area contributed by atoms with Gasteiger partial charge in [-0.15, -0.1) is 0 Å². The fourth-order valence-corrected chi connectivity index (χ4v) is 22.7. The predicted octanol–water partition coefficient (Wildman–Crippen LogP) is 14.5. The third-order valence-corrected chi connectivity index (χ3v) is 30.9. The zero-order chi connectivity index (χ0) is 48.0. The van der Waals surface area contributed by atoms with E-state index < -0.39 is 30.2 Å². The Bertz CT molecular complexity index is 1270. The number of esters is 2. The zero-order valence-corrected chi connectivity index (χ0v) is 48.5. The molecule has 0 saturated heterocycles. The number of hydrogen-bond donors (Lipinski definition) is 3. The van der Waals surface area contributed by atoms with Gasteiger partial charge in [0.15, 0.2) is 0 Å². The molecule has 0 amide bonds. The smallest absolute Gasteiger partial charge is 0.309 e. The number of unbranched alkanes of at least 4 members (excludes halogenated alkanes) is 6. The van der Waals surface area contributed by atoms with Crippen molar-refractivity contribution in [2.45, 2.75) is 305 Å². The summed E-state index contributed by atoms with van der Waals surface area (Å²) in [5.41, 5.74) is 2.61. The van der Waals surface area contributed by atoms with E-state index in [2.05, 4.69) is 60.1 Å². The van der Waals surface area contributed by atoms with Crippen molar-refractivity contribution in [3.05, 3.63) is 0 Å². The van der Waals surface area contributed by atoms with Crippen LogP contribution in [-0.2, 0) is 23.9 Å². The van der Waals surface area contributed by atoms with Crippen LogP contribution in [0.5, 0.6) is 0 Å². The van der Waals surface area contributed by atoms with Crippen LogP contribution in [0, 0.1) is 17.8 Å². The predicted molar refractivity (Wildman–Crippen MR) is 300 cm³/mol. The lowest BCUT2D eigenvalue weighted by Gasteiger charge is -2.38. The summed E-state index contributed by atoms with van der Waals surface area (Å²) in [5, 5.41) is 26.8. The van der Waals surface area contributed by atoms with Gasteiger partial charge in [-0.1, -0.05) is 174 Å². The summed E-state index contributed by atoms with van der Waals surface area (Å²) >= 11 is 0. The van der Waals surface area contributed by atoms with Crippen LogP contribution in [0.4, 0.5) is 0 Å². The van der Waals surface area contributed by atoms with Crippen molar-refractivity contribution in [2.75, 3.05) is 0 Å². The minimum Gasteiger partial charge on any atom is -0.481 e. The summed E-state index contributed by atoms with van der Waals surface area (Å²) in [7, 11) is -3.48. The maximum Gasteiger partial charge on any atom is 0.309 e. The number of aliphatic hydroxyl groups excluding tert-OH is 2. The molecule has 5 aliphatic rings.